The molecule has 0 saturated heterocycles. The normalized spacial score (nSPS) is 10.5. The summed E-state index contributed by atoms with van der Waals surface area (Å²) in [5.41, 5.74) is -0.133. The van der Waals surface area contributed by atoms with Crippen LogP contribution in [0.4, 0.5) is 5.69 Å². The summed E-state index contributed by atoms with van der Waals surface area (Å²) in [5, 5.41) is 11.9. The first-order valence-electron chi connectivity index (χ1n) is 7.16. The van der Waals surface area contributed by atoms with E-state index in [1.165, 1.54) is 30.3 Å². The minimum Gasteiger partial charge on any atom is -0.487 e. The van der Waals surface area contributed by atoms with Crippen LogP contribution in [0.3, 0.4) is 0 Å². The summed E-state index contributed by atoms with van der Waals surface area (Å²) >= 11 is 18.0. The Hall–Kier alpha value is -1.69. The van der Waals surface area contributed by atoms with E-state index in [1.807, 2.05) is 6.92 Å². The van der Waals surface area contributed by atoms with Gasteiger partial charge in [-0.05, 0) is 24.6 Å². The molecule has 0 aromatic heterocycles. The summed E-state index contributed by atoms with van der Waals surface area (Å²) in [7, 11) is 0. The molecule has 24 heavy (non-hydrogen) atoms. The zero-order valence-electron chi connectivity index (χ0n) is 12.7. The first kappa shape index (κ1) is 18.6. The van der Waals surface area contributed by atoms with Gasteiger partial charge in [-0.3, -0.25) is 10.1 Å². The van der Waals surface area contributed by atoms with Gasteiger partial charge in [0.25, 0.3) is 0 Å². The van der Waals surface area contributed by atoms with Gasteiger partial charge in [0.15, 0.2) is 5.75 Å². The zero-order chi connectivity index (χ0) is 17.7. The fourth-order valence-corrected chi connectivity index (χ4v) is 2.79. The van der Waals surface area contributed by atoms with Crippen LogP contribution in [0, 0.1) is 10.1 Å². The molecule has 8 heteroatoms. The first-order chi connectivity index (χ1) is 11.4. The second-order valence-electron chi connectivity index (χ2n) is 4.89. The predicted molar refractivity (Wildman–Crippen MR) is 95.0 cm³/mol. The number of nitrogens with zero attached hydrogens (tertiary/aromatic N) is 1. The smallest absolute Gasteiger partial charge is 0.311 e. The topological polar surface area (TPSA) is 61.6 Å². The van der Waals surface area contributed by atoms with Crippen LogP contribution in [-0.2, 0) is 0 Å². The molecule has 0 amide bonds. The van der Waals surface area contributed by atoms with E-state index in [9.17, 15) is 10.1 Å². The molecule has 5 nitrogen and oxygen atoms in total. The molecule has 2 rings (SSSR count). The lowest BCUT2D eigenvalue weighted by Gasteiger charge is -2.12. The van der Waals surface area contributed by atoms with Crippen molar-refractivity contribution in [2.24, 2.45) is 0 Å². The fraction of sp³-hybridized carbons (Fsp3) is 0.250. The Morgan fingerprint density at radius 2 is 1.79 bits per heavy atom. The van der Waals surface area contributed by atoms with E-state index < -0.39 is 4.92 Å². The fourth-order valence-electron chi connectivity index (χ4n) is 1.90. The van der Waals surface area contributed by atoms with Crippen molar-refractivity contribution in [3.63, 3.8) is 0 Å². The van der Waals surface area contributed by atoms with E-state index in [0.29, 0.717) is 17.4 Å². The van der Waals surface area contributed by atoms with Crippen molar-refractivity contribution in [2.45, 2.75) is 19.8 Å². The number of nitro groups is 1. The number of halogens is 3. The average molecular weight is 391 g/mol. The van der Waals surface area contributed by atoms with Crippen molar-refractivity contribution in [1.29, 1.82) is 0 Å². The summed E-state index contributed by atoms with van der Waals surface area (Å²) in [6.45, 7) is 2.38. The summed E-state index contributed by atoms with van der Waals surface area (Å²) in [5.74, 6) is 0.668. The van der Waals surface area contributed by atoms with Gasteiger partial charge in [-0.1, -0.05) is 48.1 Å². The number of nitro benzene ring substituents is 1. The van der Waals surface area contributed by atoms with E-state index in [2.05, 4.69) is 0 Å². The third-order valence-corrected chi connectivity index (χ3v) is 3.85. The third-order valence-electron chi connectivity index (χ3n) is 3.07. The molecule has 0 aliphatic carbocycles. The molecule has 0 aliphatic heterocycles. The van der Waals surface area contributed by atoms with Crippen LogP contribution in [0.1, 0.15) is 19.8 Å². The van der Waals surface area contributed by atoms with Gasteiger partial charge in [0.05, 0.1) is 21.6 Å². The molecule has 0 N–H and O–H groups in total. The number of hydrogen-bond donors (Lipinski definition) is 0. The second-order valence-corrected chi connectivity index (χ2v) is 6.14. The molecule has 0 radical (unpaired) electrons. The lowest BCUT2D eigenvalue weighted by Crippen LogP contribution is -2.00. The van der Waals surface area contributed by atoms with Gasteiger partial charge in [0, 0.05) is 17.2 Å². The molecule has 0 fully saturated rings. The SMILES string of the molecule is CCCCOc1cc(Oc2c(Cl)cc(Cl)cc2Cl)ccc1[N+](=O)[O-]. The van der Waals surface area contributed by atoms with Crippen molar-refractivity contribution in [1.82, 2.24) is 0 Å². The van der Waals surface area contributed by atoms with Gasteiger partial charge in [-0.25, -0.2) is 0 Å². The van der Waals surface area contributed by atoms with E-state index in [1.54, 1.807) is 0 Å². The lowest BCUT2D eigenvalue weighted by molar-refractivity contribution is -0.385. The highest BCUT2D eigenvalue weighted by Gasteiger charge is 2.18. The highest BCUT2D eigenvalue weighted by molar-refractivity contribution is 6.40. The molecule has 2 aromatic rings. The van der Waals surface area contributed by atoms with Crippen LogP contribution < -0.4 is 9.47 Å². The predicted octanol–water partition coefficient (Wildman–Crippen LogP) is 6.53. The van der Waals surface area contributed by atoms with Gasteiger partial charge in [-0.15, -0.1) is 0 Å². The van der Waals surface area contributed by atoms with Crippen LogP contribution in [-0.4, -0.2) is 11.5 Å². The van der Waals surface area contributed by atoms with Crippen LogP contribution in [0.15, 0.2) is 30.3 Å². The number of rotatable bonds is 7. The van der Waals surface area contributed by atoms with Gasteiger partial charge >= 0.3 is 5.69 Å². The highest BCUT2D eigenvalue weighted by Crippen LogP contribution is 2.40. The van der Waals surface area contributed by atoms with Crippen LogP contribution in [0.25, 0.3) is 0 Å². The number of unbranched alkanes of at least 4 members (excludes halogenated alkanes) is 1. The maximum atomic E-state index is 11.1. The molecule has 0 saturated carbocycles. The molecule has 0 heterocycles. The lowest BCUT2D eigenvalue weighted by atomic mass is 10.2. The van der Waals surface area contributed by atoms with Crippen molar-refractivity contribution in [2.75, 3.05) is 6.61 Å². The quantitative estimate of drug-likeness (QED) is 0.306. The standard InChI is InChI=1S/C16H14Cl3NO4/c1-2-3-6-23-15-9-11(4-5-14(15)20(21)22)24-16-12(18)7-10(17)8-13(16)19/h4-5,7-9H,2-3,6H2,1H3. The van der Waals surface area contributed by atoms with E-state index in [-0.39, 0.29) is 27.2 Å². The Balaban J connectivity index is 2.31. The van der Waals surface area contributed by atoms with Crippen LogP contribution in [0.2, 0.25) is 15.1 Å². The zero-order valence-corrected chi connectivity index (χ0v) is 15.0. The summed E-state index contributed by atoms with van der Waals surface area (Å²) < 4.78 is 11.1. The molecule has 0 bridgehead atoms. The van der Waals surface area contributed by atoms with Gasteiger partial charge in [0.2, 0.25) is 5.75 Å². The summed E-state index contributed by atoms with van der Waals surface area (Å²) in [4.78, 5) is 10.6. The van der Waals surface area contributed by atoms with Crippen molar-refractivity contribution >= 4 is 40.5 Å². The minimum atomic E-state index is -0.507. The number of ether oxygens (including phenoxy) is 2. The van der Waals surface area contributed by atoms with Crippen molar-refractivity contribution < 1.29 is 14.4 Å². The highest BCUT2D eigenvalue weighted by atomic mass is 35.5. The monoisotopic (exact) mass is 389 g/mol. The molecule has 0 aliphatic rings. The summed E-state index contributed by atoms with van der Waals surface area (Å²) in [6.07, 6.45) is 1.71. The van der Waals surface area contributed by atoms with E-state index in [0.717, 1.165) is 12.8 Å². The Bertz CT molecular complexity index is 729. The average Bonchev–Trinajstić information content (AvgIpc) is 2.51. The molecule has 0 atom stereocenters. The molecule has 0 spiro atoms. The molecule has 2 aromatic carbocycles. The molecular formula is C16H14Cl3NO4. The number of benzene rings is 2. The van der Waals surface area contributed by atoms with E-state index >= 15 is 0 Å². The molecular weight excluding hydrogens is 377 g/mol. The Morgan fingerprint density at radius 1 is 1.12 bits per heavy atom. The van der Waals surface area contributed by atoms with Crippen molar-refractivity contribution in [3.05, 3.63) is 55.5 Å². The van der Waals surface area contributed by atoms with Crippen LogP contribution in [0.5, 0.6) is 17.2 Å². The second kappa shape index (κ2) is 8.42. The van der Waals surface area contributed by atoms with E-state index in [4.69, 9.17) is 44.3 Å². The first-order valence-corrected chi connectivity index (χ1v) is 8.29. The minimum absolute atomic E-state index is 0.132. The largest absolute Gasteiger partial charge is 0.487 e. The molecule has 128 valence electrons. The van der Waals surface area contributed by atoms with Gasteiger partial charge in [-0.2, -0.15) is 0 Å². The Kier molecular flexibility index (Phi) is 6.54. The van der Waals surface area contributed by atoms with Gasteiger partial charge < -0.3 is 9.47 Å². The molecule has 0 unspecified atom stereocenters. The maximum Gasteiger partial charge on any atom is 0.311 e. The Morgan fingerprint density at radius 3 is 2.38 bits per heavy atom. The van der Waals surface area contributed by atoms with Gasteiger partial charge in [0.1, 0.15) is 5.75 Å². The van der Waals surface area contributed by atoms with Crippen LogP contribution >= 0.6 is 34.8 Å². The third kappa shape index (κ3) is 4.66. The summed E-state index contributed by atoms with van der Waals surface area (Å²) in [6, 6.07) is 7.19. The van der Waals surface area contributed by atoms with Crippen molar-refractivity contribution in [3.8, 4) is 17.2 Å². The number of hydrogen-bond acceptors (Lipinski definition) is 4. The maximum absolute atomic E-state index is 11.1. The Labute approximate surface area is 154 Å².